The van der Waals surface area contributed by atoms with Crippen molar-refractivity contribution < 1.29 is 4.79 Å². The van der Waals surface area contributed by atoms with Crippen LogP contribution in [0.4, 0.5) is 0 Å². The summed E-state index contributed by atoms with van der Waals surface area (Å²) in [4.78, 5) is 11.4. The third-order valence-corrected chi connectivity index (χ3v) is 3.37. The van der Waals surface area contributed by atoms with Gasteiger partial charge in [0.2, 0.25) is 5.24 Å². The minimum absolute atomic E-state index is 0.217. The average molecular weight is 210 g/mol. The molecule has 3 heteroatoms. The summed E-state index contributed by atoms with van der Waals surface area (Å²) < 4.78 is 0. The van der Waals surface area contributed by atoms with Gasteiger partial charge in [-0.25, -0.2) is 0 Å². The minimum atomic E-state index is -0.489. The second-order valence-corrected chi connectivity index (χ2v) is 4.09. The van der Waals surface area contributed by atoms with Gasteiger partial charge in [-0.1, -0.05) is 30.3 Å². The van der Waals surface area contributed by atoms with Crippen molar-refractivity contribution in [3.05, 3.63) is 35.9 Å². The fraction of sp³-hybridized carbons (Fsp3) is 0.364. The molecule has 1 fully saturated rings. The fourth-order valence-electron chi connectivity index (χ4n) is 2.06. The summed E-state index contributed by atoms with van der Waals surface area (Å²) in [6, 6.07) is 9.65. The number of carbonyl (C=O) groups is 1. The standard InChI is InChI=1S/C11H12ClNO/c12-10(14)11(6-9(11)7-13)8-4-2-1-3-5-8/h1-5,9H,6-7,13H2/t9-,11+/m0/s1. The molecule has 1 aromatic rings. The topological polar surface area (TPSA) is 43.1 Å². The normalized spacial score (nSPS) is 30.0. The van der Waals surface area contributed by atoms with Crippen molar-refractivity contribution in [2.75, 3.05) is 6.54 Å². The van der Waals surface area contributed by atoms with Crippen LogP contribution in [0.25, 0.3) is 0 Å². The van der Waals surface area contributed by atoms with Crippen LogP contribution in [0.1, 0.15) is 12.0 Å². The van der Waals surface area contributed by atoms with Crippen LogP contribution in [0.3, 0.4) is 0 Å². The van der Waals surface area contributed by atoms with Gasteiger partial charge in [0.15, 0.2) is 0 Å². The molecule has 0 heterocycles. The Morgan fingerprint density at radius 1 is 1.50 bits per heavy atom. The summed E-state index contributed by atoms with van der Waals surface area (Å²) >= 11 is 5.65. The van der Waals surface area contributed by atoms with E-state index in [0.29, 0.717) is 6.54 Å². The van der Waals surface area contributed by atoms with E-state index in [-0.39, 0.29) is 11.2 Å². The van der Waals surface area contributed by atoms with Crippen LogP contribution in [0.5, 0.6) is 0 Å². The Morgan fingerprint density at radius 2 is 2.14 bits per heavy atom. The summed E-state index contributed by atoms with van der Waals surface area (Å²) in [5.74, 6) is 0.217. The van der Waals surface area contributed by atoms with Crippen LogP contribution >= 0.6 is 11.6 Å². The van der Waals surface area contributed by atoms with E-state index in [0.717, 1.165) is 12.0 Å². The molecule has 2 rings (SSSR count). The Morgan fingerprint density at radius 3 is 2.57 bits per heavy atom. The maximum Gasteiger partial charge on any atom is 0.232 e. The van der Waals surface area contributed by atoms with E-state index in [1.165, 1.54) is 0 Å². The summed E-state index contributed by atoms with van der Waals surface area (Å²) in [6.07, 6.45) is 0.788. The first-order chi connectivity index (χ1) is 6.71. The van der Waals surface area contributed by atoms with Crippen molar-refractivity contribution in [1.29, 1.82) is 0 Å². The molecule has 14 heavy (non-hydrogen) atoms. The predicted molar refractivity (Wildman–Crippen MR) is 56.1 cm³/mol. The first-order valence-electron chi connectivity index (χ1n) is 4.67. The lowest BCUT2D eigenvalue weighted by Gasteiger charge is -2.11. The molecule has 1 saturated carbocycles. The van der Waals surface area contributed by atoms with Gasteiger partial charge in [-0.3, -0.25) is 4.79 Å². The third-order valence-electron chi connectivity index (χ3n) is 3.03. The van der Waals surface area contributed by atoms with Gasteiger partial charge in [0.05, 0.1) is 5.41 Å². The molecule has 1 aliphatic rings. The predicted octanol–water partition coefficient (Wildman–Crippen LogP) is 1.67. The van der Waals surface area contributed by atoms with Gasteiger partial charge < -0.3 is 5.73 Å². The zero-order valence-electron chi connectivity index (χ0n) is 7.74. The summed E-state index contributed by atoms with van der Waals surface area (Å²) in [6.45, 7) is 0.521. The Hall–Kier alpha value is -0.860. The number of benzene rings is 1. The summed E-state index contributed by atoms with van der Waals surface area (Å²) in [5, 5.41) is -0.279. The van der Waals surface area contributed by atoms with Gasteiger partial charge in [-0.05, 0) is 36.0 Å². The Bertz CT molecular complexity index is 352. The highest BCUT2D eigenvalue weighted by molar-refractivity contribution is 6.66. The largest absolute Gasteiger partial charge is 0.330 e. The number of hydrogen-bond donors (Lipinski definition) is 1. The highest BCUT2D eigenvalue weighted by Gasteiger charge is 2.59. The van der Waals surface area contributed by atoms with Crippen molar-refractivity contribution in [1.82, 2.24) is 0 Å². The highest BCUT2D eigenvalue weighted by atomic mass is 35.5. The molecule has 2 nitrogen and oxygen atoms in total. The second-order valence-electron chi connectivity index (χ2n) is 3.75. The van der Waals surface area contributed by atoms with Gasteiger partial charge in [0.1, 0.15) is 0 Å². The molecule has 74 valence electrons. The van der Waals surface area contributed by atoms with E-state index in [2.05, 4.69) is 0 Å². The maximum atomic E-state index is 11.4. The van der Waals surface area contributed by atoms with Crippen LogP contribution in [0.2, 0.25) is 0 Å². The fourth-order valence-corrected chi connectivity index (χ4v) is 2.40. The average Bonchev–Trinajstić information content (AvgIpc) is 2.94. The quantitative estimate of drug-likeness (QED) is 0.770. The molecule has 2 N–H and O–H groups in total. The van der Waals surface area contributed by atoms with Crippen LogP contribution < -0.4 is 5.73 Å². The van der Waals surface area contributed by atoms with Gasteiger partial charge in [0.25, 0.3) is 0 Å². The summed E-state index contributed by atoms with van der Waals surface area (Å²) in [7, 11) is 0. The van der Waals surface area contributed by atoms with Crippen molar-refractivity contribution >= 4 is 16.8 Å². The lowest BCUT2D eigenvalue weighted by molar-refractivity contribution is -0.114. The molecule has 0 bridgehead atoms. The highest BCUT2D eigenvalue weighted by Crippen LogP contribution is 2.55. The van der Waals surface area contributed by atoms with E-state index in [9.17, 15) is 4.79 Å². The smallest absolute Gasteiger partial charge is 0.232 e. The molecular formula is C11H12ClNO. The van der Waals surface area contributed by atoms with Crippen LogP contribution in [-0.4, -0.2) is 11.8 Å². The van der Waals surface area contributed by atoms with Gasteiger partial charge in [0, 0.05) is 0 Å². The molecule has 1 aliphatic carbocycles. The minimum Gasteiger partial charge on any atom is -0.330 e. The molecule has 0 radical (unpaired) electrons. The zero-order chi connectivity index (χ0) is 10.2. The molecular weight excluding hydrogens is 198 g/mol. The van der Waals surface area contributed by atoms with Crippen molar-refractivity contribution in [2.45, 2.75) is 11.8 Å². The van der Waals surface area contributed by atoms with Crippen LogP contribution in [0, 0.1) is 5.92 Å². The molecule has 0 aliphatic heterocycles. The molecule has 2 atom stereocenters. The molecule has 0 unspecified atom stereocenters. The van der Waals surface area contributed by atoms with Crippen LogP contribution in [-0.2, 0) is 10.2 Å². The molecule has 0 spiro atoms. The zero-order valence-corrected chi connectivity index (χ0v) is 8.50. The molecule has 0 amide bonds. The van der Waals surface area contributed by atoms with E-state index in [4.69, 9.17) is 17.3 Å². The number of nitrogens with two attached hydrogens (primary N) is 1. The Balaban J connectivity index is 2.36. The monoisotopic (exact) mass is 209 g/mol. The number of carbonyl (C=O) groups excluding carboxylic acids is 1. The first kappa shape index (κ1) is 9.69. The molecule has 1 aromatic carbocycles. The van der Waals surface area contributed by atoms with Crippen molar-refractivity contribution in [3.8, 4) is 0 Å². The van der Waals surface area contributed by atoms with Crippen molar-refractivity contribution in [3.63, 3.8) is 0 Å². The SMILES string of the molecule is NC[C@@H]1C[C@@]1(C(=O)Cl)c1ccccc1. The van der Waals surface area contributed by atoms with E-state index >= 15 is 0 Å². The van der Waals surface area contributed by atoms with E-state index in [1.807, 2.05) is 30.3 Å². The lowest BCUT2D eigenvalue weighted by Crippen LogP contribution is -2.21. The Labute approximate surface area is 88.1 Å². The number of halogens is 1. The van der Waals surface area contributed by atoms with Crippen molar-refractivity contribution in [2.24, 2.45) is 11.7 Å². The maximum absolute atomic E-state index is 11.4. The molecule has 0 aromatic heterocycles. The van der Waals surface area contributed by atoms with E-state index < -0.39 is 5.41 Å². The molecule has 0 saturated heterocycles. The van der Waals surface area contributed by atoms with Gasteiger partial charge >= 0.3 is 0 Å². The van der Waals surface area contributed by atoms with Gasteiger partial charge in [-0.2, -0.15) is 0 Å². The number of rotatable bonds is 3. The van der Waals surface area contributed by atoms with E-state index in [1.54, 1.807) is 0 Å². The van der Waals surface area contributed by atoms with Crippen LogP contribution in [0.15, 0.2) is 30.3 Å². The summed E-state index contributed by atoms with van der Waals surface area (Å²) in [5.41, 5.74) is 6.08. The second kappa shape index (κ2) is 3.37. The lowest BCUT2D eigenvalue weighted by atomic mass is 9.95. The van der Waals surface area contributed by atoms with Gasteiger partial charge in [-0.15, -0.1) is 0 Å². The third kappa shape index (κ3) is 1.26. The number of hydrogen-bond acceptors (Lipinski definition) is 2. The Kier molecular flexibility index (Phi) is 2.33. The first-order valence-corrected chi connectivity index (χ1v) is 5.05.